The molecule has 1 aliphatic heterocycles. The Morgan fingerprint density at radius 2 is 1.81 bits per heavy atom. The summed E-state index contributed by atoms with van der Waals surface area (Å²) in [5, 5.41) is 1.85. The molecule has 0 radical (unpaired) electrons. The van der Waals surface area contributed by atoms with E-state index in [-0.39, 0.29) is 33.1 Å². The molecular formula is C21H17Cl3F3N3O2. The molecule has 11 heteroatoms. The predicted octanol–water partition coefficient (Wildman–Crippen LogP) is 5.86. The molecule has 0 bridgehead atoms. The van der Waals surface area contributed by atoms with E-state index in [2.05, 4.69) is 10.9 Å². The van der Waals surface area contributed by atoms with E-state index >= 15 is 0 Å². The second kappa shape index (κ2) is 8.33. The van der Waals surface area contributed by atoms with Crippen LogP contribution >= 0.6 is 34.8 Å². The third-order valence-electron chi connectivity index (χ3n) is 5.23. The molecule has 1 unspecified atom stereocenters. The first-order valence-electron chi connectivity index (χ1n) is 9.54. The van der Waals surface area contributed by atoms with Crippen molar-refractivity contribution in [1.29, 1.82) is 0 Å². The third kappa shape index (κ3) is 4.37. The zero-order valence-electron chi connectivity index (χ0n) is 16.6. The standard InChI is InChI=1S/C21H17Cl3F3N3O2/c1-30(28-19(31)11-2-3-11)18-6-12(4-5-16(18)24)17-10-20(32-29-17,21(25,26)27)13-7-14(22)9-15(23)8-13/h4-11,29H,2-3H2,1H3,(H,28,31). The van der Waals surface area contributed by atoms with Crippen LogP contribution in [0.4, 0.5) is 18.9 Å². The van der Waals surface area contributed by atoms with Crippen LogP contribution in [-0.4, -0.2) is 19.1 Å². The number of nitrogens with one attached hydrogen (secondary N) is 2. The van der Waals surface area contributed by atoms with Gasteiger partial charge < -0.3 is 0 Å². The Labute approximate surface area is 197 Å². The molecule has 2 N–H and O–H groups in total. The van der Waals surface area contributed by atoms with Crippen molar-refractivity contribution in [2.45, 2.75) is 24.6 Å². The van der Waals surface area contributed by atoms with Gasteiger partial charge in [-0.1, -0.05) is 40.9 Å². The molecule has 5 nitrogen and oxygen atoms in total. The van der Waals surface area contributed by atoms with Crippen LogP contribution in [0, 0.1) is 5.92 Å². The number of carbonyl (C=O) groups excluding carboxylic acids is 1. The first-order valence-corrected chi connectivity index (χ1v) is 10.7. The summed E-state index contributed by atoms with van der Waals surface area (Å²) < 4.78 is 42.5. The summed E-state index contributed by atoms with van der Waals surface area (Å²) in [4.78, 5) is 17.2. The van der Waals surface area contributed by atoms with E-state index in [1.54, 1.807) is 19.2 Å². The van der Waals surface area contributed by atoms with E-state index in [1.165, 1.54) is 17.1 Å². The molecule has 170 valence electrons. The topological polar surface area (TPSA) is 53.6 Å². The summed E-state index contributed by atoms with van der Waals surface area (Å²) in [6.07, 6.45) is -2.24. The highest BCUT2D eigenvalue weighted by Gasteiger charge is 2.59. The summed E-state index contributed by atoms with van der Waals surface area (Å²) in [5.74, 6) is -0.159. The molecule has 1 saturated carbocycles. The van der Waals surface area contributed by atoms with Crippen molar-refractivity contribution in [3.8, 4) is 0 Å². The van der Waals surface area contributed by atoms with E-state index in [9.17, 15) is 18.0 Å². The van der Waals surface area contributed by atoms with Gasteiger partial charge >= 0.3 is 6.18 Å². The SMILES string of the molecule is CN(NC(=O)C1CC1)c1cc(C2=CC(c3cc(Cl)cc(Cl)c3)(C(F)(F)F)ON2)ccc1Cl. The van der Waals surface area contributed by atoms with E-state index < -0.39 is 11.8 Å². The van der Waals surface area contributed by atoms with Gasteiger partial charge in [-0.3, -0.25) is 25.5 Å². The second-order valence-electron chi connectivity index (χ2n) is 7.63. The summed E-state index contributed by atoms with van der Waals surface area (Å²) in [6, 6.07) is 8.25. The van der Waals surface area contributed by atoms with Gasteiger partial charge in [0.25, 0.3) is 0 Å². The van der Waals surface area contributed by atoms with Gasteiger partial charge in [-0.15, -0.1) is 0 Å². The van der Waals surface area contributed by atoms with Crippen LogP contribution in [0.15, 0.2) is 42.5 Å². The maximum Gasteiger partial charge on any atom is 0.428 e. The fourth-order valence-corrected chi connectivity index (χ4v) is 4.12. The zero-order chi connectivity index (χ0) is 23.3. The lowest BCUT2D eigenvalue weighted by Gasteiger charge is -2.28. The molecule has 2 aliphatic rings. The molecule has 2 aromatic rings. The first-order chi connectivity index (χ1) is 15.0. The monoisotopic (exact) mass is 505 g/mol. The number of rotatable bonds is 5. The van der Waals surface area contributed by atoms with E-state index in [0.717, 1.165) is 31.1 Å². The number of anilines is 1. The van der Waals surface area contributed by atoms with Crippen LogP contribution in [0.3, 0.4) is 0 Å². The molecule has 2 aromatic carbocycles. The molecule has 32 heavy (non-hydrogen) atoms. The Morgan fingerprint density at radius 1 is 1.16 bits per heavy atom. The summed E-state index contributed by atoms with van der Waals surface area (Å²) in [7, 11) is 1.60. The fourth-order valence-electron chi connectivity index (χ4n) is 3.35. The van der Waals surface area contributed by atoms with Crippen LogP contribution in [0.5, 0.6) is 0 Å². The Balaban J connectivity index is 1.71. The average Bonchev–Trinajstić information content (AvgIpc) is 3.45. The normalized spacial score (nSPS) is 20.5. The molecule has 1 amide bonds. The van der Waals surface area contributed by atoms with Crippen LogP contribution in [-0.2, 0) is 15.2 Å². The van der Waals surface area contributed by atoms with Crippen molar-refractivity contribution in [1.82, 2.24) is 10.9 Å². The number of alkyl halides is 3. The van der Waals surface area contributed by atoms with E-state index in [0.29, 0.717) is 16.3 Å². The Bertz CT molecular complexity index is 1090. The third-order valence-corrected chi connectivity index (χ3v) is 5.98. The molecule has 4 rings (SSSR count). The number of hydrogen-bond donors (Lipinski definition) is 2. The van der Waals surface area contributed by atoms with Crippen molar-refractivity contribution in [3.05, 3.63) is 68.7 Å². The summed E-state index contributed by atoms with van der Waals surface area (Å²) >= 11 is 18.1. The quantitative estimate of drug-likeness (QED) is 0.499. The minimum atomic E-state index is -4.82. The lowest BCUT2D eigenvalue weighted by atomic mass is 9.91. The van der Waals surface area contributed by atoms with Gasteiger partial charge in [0, 0.05) is 34.1 Å². The number of carbonyl (C=O) groups is 1. The van der Waals surface area contributed by atoms with Crippen molar-refractivity contribution >= 4 is 52.1 Å². The number of halogens is 6. The number of hydrazine groups is 1. The summed E-state index contributed by atoms with van der Waals surface area (Å²) in [6.45, 7) is 0. The highest BCUT2D eigenvalue weighted by molar-refractivity contribution is 6.34. The minimum Gasteiger partial charge on any atom is -0.287 e. The average molecular weight is 507 g/mol. The van der Waals surface area contributed by atoms with Crippen molar-refractivity contribution < 1.29 is 22.8 Å². The molecule has 1 atom stereocenters. The smallest absolute Gasteiger partial charge is 0.287 e. The maximum absolute atomic E-state index is 14.2. The largest absolute Gasteiger partial charge is 0.428 e. The Kier molecular flexibility index (Phi) is 6.00. The molecule has 0 spiro atoms. The van der Waals surface area contributed by atoms with Gasteiger partial charge in [0.05, 0.1) is 16.4 Å². The maximum atomic E-state index is 14.2. The molecule has 1 heterocycles. The van der Waals surface area contributed by atoms with Gasteiger partial charge in [-0.05, 0) is 49.2 Å². The highest BCUT2D eigenvalue weighted by Crippen LogP contribution is 2.48. The molecular weight excluding hydrogens is 490 g/mol. The number of hydrogen-bond acceptors (Lipinski definition) is 4. The van der Waals surface area contributed by atoms with Crippen molar-refractivity contribution in [3.63, 3.8) is 0 Å². The second-order valence-corrected chi connectivity index (χ2v) is 8.91. The van der Waals surface area contributed by atoms with Crippen LogP contribution < -0.4 is 15.9 Å². The van der Waals surface area contributed by atoms with Gasteiger partial charge in [-0.2, -0.15) is 13.2 Å². The number of amides is 1. The molecule has 0 aromatic heterocycles. The Morgan fingerprint density at radius 3 is 2.41 bits per heavy atom. The number of benzene rings is 2. The Hall–Kier alpha value is -2.13. The molecule has 1 aliphatic carbocycles. The van der Waals surface area contributed by atoms with E-state index in [4.69, 9.17) is 39.6 Å². The van der Waals surface area contributed by atoms with Gasteiger partial charge in [0.2, 0.25) is 11.5 Å². The summed E-state index contributed by atoms with van der Waals surface area (Å²) in [5.41, 5.74) is 2.87. The van der Waals surface area contributed by atoms with Crippen molar-refractivity contribution in [2.24, 2.45) is 5.92 Å². The van der Waals surface area contributed by atoms with Crippen LogP contribution in [0.2, 0.25) is 15.1 Å². The van der Waals surface area contributed by atoms with Gasteiger partial charge in [0.15, 0.2) is 0 Å². The van der Waals surface area contributed by atoms with Crippen LogP contribution in [0.1, 0.15) is 24.0 Å². The fraction of sp³-hybridized carbons (Fsp3) is 0.286. The number of hydroxylamine groups is 1. The highest BCUT2D eigenvalue weighted by atomic mass is 35.5. The lowest BCUT2D eigenvalue weighted by Crippen LogP contribution is -2.42. The lowest BCUT2D eigenvalue weighted by molar-refractivity contribution is -0.269. The van der Waals surface area contributed by atoms with E-state index in [1.807, 2.05) is 0 Å². The zero-order valence-corrected chi connectivity index (χ0v) is 18.8. The number of nitrogens with zero attached hydrogens (tertiary/aromatic N) is 1. The van der Waals surface area contributed by atoms with Gasteiger partial charge in [0.1, 0.15) is 0 Å². The molecule has 1 fully saturated rings. The minimum absolute atomic E-state index is 0.0241. The molecule has 0 saturated heterocycles. The predicted molar refractivity (Wildman–Crippen MR) is 117 cm³/mol. The van der Waals surface area contributed by atoms with Crippen LogP contribution in [0.25, 0.3) is 5.70 Å². The van der Waals surface area contributed by atoms with Crippen molar-refractivity contribution in [2.75, 3.05) is 12.1 Å². The first kappa shape index (κ1) is 23.0. The van der Waals surface area contributed by atoms with Gasteiger partial charge in [-0.25, -0.2) is 0 Å².